The number of benzene rings is 8. The van der Waals surface area contributed by atoms with Gasteiger partial charge in [0.05, 0.1) is 17.1 Å². The molecule has 8 aromatic carbocycles. The van der Waals surface area contributed by atoms with Crippen LogP contribution in [0.4, 0.5) is 43.0 Å². The molecule has 9 rings (SSSR count). The van der Waals surface area contributed by atoms with Gasteiger partial charge >= 0.3 is 0 Å². The summed E-state index contributed by atoms with van der Waals surface area (Å²) in [4.78, 5) is 8.43. The van der Waals surface area contributed by atoms with Crippen LogP contribution < -0.4 is 9.80 Å². The molecule has 3 nitrogen and oxygen atoms in total. The molecule has 0 aliphatic rings. The number of aromatic nitrogens is 1. The minimum absolute atomic E-state index is 0.221. The lowest BCUT2D eigenvalue weighted by atomic mass is 9.91. The van der Waals surface area contributed by atoms with Crippen LogP contribution in [-0.4, -0.2) is 4.98 Å². The van der Waals surface area contributed by atoms with Crippen LogP contribution in [0.3, 0.4) is 0 Å². The molecule has 0 bridgehead atoms. The average molecular weight is 624 g/mol. The molecular weight excluding hydrogens is 596 g/mol. The highest BCUT2D eigenvalue weighted by atomic mass is 19.1. The summed E-state index contributed by atoms with van der Waals surface area (Å²) in [6.07, 6.45) is 1.62. The number of pyridine rings is 1. The summed E-state index contributed by atoms with van der Waals surface area (Å²) in [5.74, 6) is -0.502. The maximum Gasteiger partial charge on any atom is 0.174 e. The van der Waals surface area contributed by atoms with E-state index in [2.05, 4.69) is 71.7 Å². The quantitative estimate of drug-likeness (QED) is 0.172. The normalized spacial score (nSPS) is 11.5. The summed E-state index contributed by atoms with van der Waals surface area (Å²) in [5.41, 5.74) is 3.79. The zero-order valence-electron chi connectivity index (χ0n) is 25.7. The molecule has 0 atom stereocenters. The summed E-state index contributed by atoms with van der Waals surface area (Å²) in [5, 5.41) is 8.31. The van der Waals surface area contributed by atoms with Crippen LogP contribution in [0.1, 0.15) is 0 Å². The Kier molecular flexibility index (Phi) is 6.51. The molecule has 0 radical (unpaired) electrons. The van der Waals surface area contributed by atoms with E-state index in [-0.39, 0.29) is 11.6 Å². The molecule has 48 heavy (non-hydrogen) atoms. The van der Waals surface area contributed by atoms with E-state index in [1.54, 1.807) is 24.4 Å². The number of fused-ring (bicyclic) bond motifs is 1. The highest BCUT2D eigenvalue weighted by Crippen LogP contribution is 2.47. The molecule has 5 heteroatoms. The molecule has 0 aliphatic carbocycles. The number of para-hydroxylation sites is 2. The Balaban J connectivity index is 1.33. The van der Waals surface area contributed by atoms with Crippen molar-refractivity contribution in [2.75, 3.05) is 9.80 Å². The number of halogens is 2. The Labute approximate surface area is 275 Å². The second-order valence-electron chi connectivity index (χ2n) is 11.9. The molecule has 0 N–H and O–H groups in total. The first-order chi connectivity index (χ1) is 23.7. The Morgan fingerprint density at radius 2 is 0.979 bits per heavy atom. The van der Waals surface area contributed by atoms with Crippen LogP contribution in [-0.2, 0) is 0 Å². The number of rotatable bonds is 6. The minimum atomic E-state index is -0.415. The summed E-state index contributed by atoms with van der Waals surface area (Å²) in [7, 11) is 0. The first-order valence-electron chi connectivity index (χ1n) is 15.9. The van der Waals surface area contributed by atoms with Crippen LogP contribution >= 0.6 is 0 Å². The van der Waals surface area contributed by atoms with Crippen molar-refractivity contribution >= 4 is 77.3 Å². The first kappa shape index (κ1) is 27.9. The van der Waals surface area contributed by atoms with Gasteiger partial charge in [-0.15, -0.1) is 0 Å². The van der Waals surface area contributed by atoms with E-state index in [4.69, 9.17) is 0 Å². The lowest BCUT2D eigenvalue weighted by Crippen LogP contribution is -2.14. The van der Waals surface area contributed by atoms with Crippen molar-refractivity contribution < 1.29 is 8.78 Å². The van der Waals surface area contributed by atoms with Gasteiger partial charge in [-0.3, -0.25) is 4.90 Å². The van der Waals surface area contributed by atoms with Crippen molar-refractivity contribution in [1.82, 2.24) is 4.98 Å². The Hall–Kier alpha value is -6.33. The van der Waals surface area contributed by atoms with Crippen molar-refractivity contribution in [3.8, 4) is 0 Å². The summed E-state index contributed by atoms with van der Waals surface area (Å²) >= 11 is 0. The average Bonchev–Trinajstić information content (AvgIpc) is 3.13. The molecule has 0 spiro atoms. The highest BCUT2D eigenvalue weighted by Gasteiger charge is 2.24. The van der Waals surface area contributed by atoms with E-state index >= 15 is 8.78 Å². The van der Waals surface area contributed by atoms with E-state index in [9.17, 15) is 0 Å². The summed E-state index contributed by atoms with van der Waals surface area (Å²) in [6, 6.07) is 50.8. The predicted octanol–water partition coefficient (Wildman–Crippen LogP) is 12.3. The molecule has 0 fully saturated rings. The van der Waals surface area contributed by atoms with Gasteiger partial charge in [0.15, 0.2) is 11.6 Å². The van der Waals surface area contributed by atoms with Crippen molar-refractivity contribution in [2.24, 2.45) is 0 Å². The van der Waals surface area contributed by atoms with Crippen molar-refractivity contribution in [3.05, 3.63) is 176 Å². The largest absolute Gasteiger partial charge is 0.307 e. The third kappa shape index (κ3) is 4.43. The standard InChI is InChI=1S/C43H27F2N3/c44-36-13-6-7-15-40(36)47(32-11-2-1-3-12-32)38-24-19-29-18-23-35-39(25-20-30-17-22-34(38)41(29)42(30)35)48(43-37(45)14-8-26-46-43)33-21-16-28-9-4-5-10-31(28)27-33/h1-27H. The Bertz CT molecular complexity index is 2620. The van der Waals surface area contributed by atoms with Crippen molar-refractivity contribution in [3.63, 3.8) is 0 Å². The fourth-order valence-corrected chi connectivity index (χ4v) is 7.01. The van der Waals surface area contributed by atoms with Crippen LogP contribution in [0.5, 0.6) is 0 Å². The fraction of sp³-hybridized carbons (Fsp3) is 0. The zero-order valence-corrected chi connectivity index (χ0v) is 25.7. The van der Waals surface area contributed by atoms with Crippen LogP contribution in [0.25, 0.3) is 43.1 Å². The van der Waals surface area contributed by atoms with E-state index < -0.39 is 5.82 Å². The van der Waals surface area contributed by atoms with Gasteiger partial charge in [0, 0.05) is 28.3 Å². The molecule has 9 aromatic rings. The zero-order chi connectivity index (χ0) is 32.2. The van der Waals surface area contributed by atoms with Gasteiger partial charge in [-0.2, -0.15) is 0 Å². The molecule has 1 heterocycles. The van der Waals surface area contributed by atoms with Crippen molar-refractivity contribution in [1.29, 1.82) is 0 Å². The first-order valence-corrected chi connectivity index (χ1v) is 15.9. The maximum atomic E-state index is 15.7. The molecule has 0 amide bonds. The Morgan fingerprint density at radius 1 is 0.396 bits per heavy atom. The second kappa shape index (κ2) is 11.2. The van der Waals surface area contributed by atoms with E-state index in [1.807, 2.05) is 70.5 Å². The summed E-state index contributed by atoms with van der Waals surface area (Å²) < 4.78 is 31.2. The van der Waals surface area contributed by atoms with Gasteiger partial charge in [0.2, 0.25) is 0 Å². The monoisotopic (exact) mass is 623 g/mol. The van der Waals surface area contributed by atoms with Crippen LogP contribution in [0.15, 0.2) is 164 Å². The molecule has 0 saturated heterocycles. The lowest BCUT2D eigenvalue weighted by molar-refractivity contribution is 0.623. The van der Waals surface area contributed by atoms with E-state index in [0.29, 0.717) is 5.69 Å². The predicted molar refractivity (Wildman–Crippen MR) is 195 cm³/mol. The third-order valence-electron chi connectivity index (χ3n) is 9.15. The SMILES string of the molecule is Fc1ccccc1N(c1ccccc1)c1ccc2ccc3c(N(c4ccc5ccccc5c4)c4ncccc4F)ccc4ccc1c2c43. The summed E-state index contributed by atoms with van der Waals surface area (Å²) in [6.45, 7) is 0. The van der Waals surface area contributed by atoms with Gasteiger partial charge in [0.1, 0.15) is 5.82 Å². The number of anilines is 6. The van der Waals surface area contributed by atoms with Gasteiger partial charge in [-0.05, 0) is 93.0 Å². The van der Waals surface area contributed by atoms with Gasteiger partial charge in [-0.25, -0.2) is 13.8 Å². The molecule has 0 saturated carbocycles. The van der Waals surface area contributed by atoms with Gasteiger partial charge < -0.3 is 4.90 Å². The molecule has 0 aliphatic heterocycles. The molecular formula is C43H27F2N3. The topological polar surface area (TPSA) is 19.4 Å². The minimum Gasteiger partial charge on any atom is -0.307 e. The number of nitrogens with zero attached hydrogens (tertiary/aromatic N) is 3. The smallest absolute Gasteiger partial charge is 0.174 e. The van der Waals surface area contributed by atoms with Crippen LogP contribution in [0, 0.1) is 11.6 Å². The lowest BCUT2D eigenvalue weighted by Gasteiger charge is -2.29. The van der Waals surface area contributed by atoms with Crippen LogP contribution in [0.2, 0.25) is 0 Å². The maximum absolute atomic E-state index is 15.7. The Morgan fingerprint density at radius 3 is 1.69 bits per heavy atom. The third-order valence-corrected chi connectivity index (χ3v) is 9.15. The van der Waals surface area contributed by atoms with E-state index in [0.717, 1.165) is 65.8 Å². The second-order valence-corrected chi connectivity index (χ2v) is 11.9. The highest BCUT2D eigenvalue weighted by molar-refractivity contribution is 6.28. The number of hydrogen-bond donors (Lipinski definition) is 0. The molecule has 1 aromatic heterocycles. The van der Waals surface area contributed by atoms with Gasteiger partial charge in [0.25, 0.3) is 0 Å². The van der Waals surface area contributed by atoms with Gasteiger partial charge in [-0.1, -0.05) is 97.1 Å². The molecule has 228 valence electrons. The molecule has 0 unspecified atom stereocenters. The fourth-order valence-electron chi connectivity index (χ4n) is 7.01. The van der Waals surface area contributed by atoms with Crippen molar-refractivity contribution in [2.45, 2.75) is 0 Å². The number of hydrogen-bond acceptors (Lipinski definition) is 3. The van der Waals surface area contributed by atoms with E-state index in [1.165, 1.54) is 12.1 Å².